The number of rotatable bonds is 7. The maximum Gasteiger partial charge on any atom is 0.449 e. The Hall–Kier alpha value is -1.12. The standard InChI is InChI=1S/C13H20F3N3O2/c1-20-7-8-21-6-2-5-19-11-3-4-17-9-10(11)18-12(19)13(14,15)16/h17H,2-9H2,1H3. The first-order chi connectivity index (χ1) is 10.0. The van der Waals surface area contributed by atoms with Gasteiger partial charge >= 0.3 is 6.18 Å². The van der Waals surface area contributed by atoms with Crippen LogP contribution in [0.3, 0.4) is 0 Å². The molecule has 8 heteroatoms. The molecule has 0 unspecified atom stereocenters. The van der Waals surface area contributed by atoms with Crippen molar-refractivity contribution in [2.75, 3.05) is 33.5 Å². The number of alkyl halides is 3. The van der Waals surface area contributed by atoms with Gasteiger partial charge in [-0.2, -0.15) is 13.2 Å². The molecule has 2 heterocycles. The molecule has 5 nitrogen and oxygen atoms in total. The number of hydrogen-bond acceptors (Lipinski definition) is 4. The molecule has 1 aromatic heterocycles. The summed E-state index contributed by atoms with van der Waals surface area (Å²) in [5, 5.41) is 3.04. The molecule has 2 rings (SSSR count). The number of methoxy groups -OCH3 is 1. The highest BCUT2D eigenvalue weighted by molar-refractivity contribution is 5.21. The van der Waals surface area contributed by atoms with Crippen molar-refractivity contribution in [1.29, 1.82) is 0 Å². The molecule has 1 aromatic rings. The lowest BCUT2D eigenvalue weighted by atomic mass is 10.2. The van der Waals surface area contributed by atoms with Gasteiger partial charge in [-0.15, -0.1) is 0 Å². The predicted octanol–water partition coefficient (Wildman–Crippen LogP) is 1.60. The van der Waals surface area contributed by atoms with E-state index in [0.29, 0.717) is 57.1 Å². The lowest BCUT2D eigenvalue weighted by Crippen LogP contribution is -2.25. The quantitative estimate of drug-likeness (QED) is 0.777. The van der Waals surface area contributed by atoms with Crippen LogP contribution in [0.25, 0.3) is 0 Å². The minimum Gasteiger partial charge on any atom is -0.382 e. The van der Waals surface area contributed by atoms with Crippen LogP contribution in [0.2, 0.25) is 0 Å². The minimum absolute atomic E-state index is 0.268. The summed E-state index contributed by atoms with van der Waals surface area (Å²) >= 11 is 0. The Morgan fingerprint density at radius 2 is 2.10 bits per heavy atom. The molecule has 0 spiro atoms. The molecule has 0 atom stereocenters. The Kier molecular flexibility index (Phi) is 5.60. The van der Waals surface area contributed by atoms with Crippen LogP contribution in [-0.4, -0.2) is 43.0 Å². The van der Waals surface area contributed by atoms with Crippen molar-refractivity contribution in [1.82, 2.24) is 14.9 Å². The topological polar surface area (TPSA) is 48.3 Å². The van der Waals surface area contributed by atoms with Gasteiger partial charge in [-0.3, -0.25) is 0 Å². The van der Waals surface area contributed by atoms with Gasteiger partial charge in [0.05, 0.1) is 18.9 Å². The van der Waals surface area contributed by atoms with Crippen molar-refractivity contribution in [3.05, 3.63) is 17.2 Å². The number of halogens is 3. The summed E-state index contributed by atoms with van der Waals surface area (Å²) in [6.45, 7) is 2.70. The van der Waals surface area contributed by atoms with Crippen molar-refractivity contribution in [3.63, 3.8) is 0 Å². The maximum absolute atomic E-state index is 13.1. The van der Waals surface area contributed by atoms with E-state index in [1.807, 2.05) is 0 Å². The van der Waals surface area contributed by atoms with E-state index in [1.165, 1.54) is 4.57 Å². The third-order valence-corrected chi connectivity index (χ3v) is 3.34. The second kappa shape index (κ2) is 7.24. The van der Waals surface area contributed by atoms with E-state index in [2.05, 4.69) is 10.3 Å². The minimum atomic E-state index is -4.42. The molecule has 0 radical (unpaired) electrons. The third kappa shape index (κ3) is 4.18. The molecule has 21 heavy (non-hydrogen) atoms. The average molecular weight is 307 g/mol. The fourth-order valence-electron chi connectivity index (χ4n) is 2.40. The van der Waals surface area contributed by atoms with Crippen LogP contribution in [0, 0.1) is 0 Å². The Bertz CT molecular complexity index is 460. The Labute approximate surface area is 121 Å². The lowest BCUT2D eigenvalue weighted by molar-refractivity contribution is -0.147. The molecule has 0 saturated carbocycles. The lowest BCUT2D eigenvalue weighted by Gasteiger charge is -2.16. The Balaban J connectivity index is 2.01. The summed E-state index contributed by atoms with van der Waals surface area (Å²) in [4.78, 5) is 3.76. The predicted molar refractivity (Wildman–Crippen MR) is 70.0 cm³/mol. The zero-order valence-electron chi connectivity index (χ0n) is 12.0. The third-order valence-electron chi connectivity index (χ3n) is 3.34. The van der Waals surface area contributed by atoms with Gasteiger partial charge in [-0.1, -0.05) is 0 Å². The van der Waals surface area contributed by atoms with Crippen LogP contribution in [0.15, 0.2) is 0 Å². The van der Waals surface area contributed by atoms with Crippen molar-refractivity contribution in [2.24, 2.45) is 0 Å². The molecule has 0 aliphatic carbocycles. The maximum atomic E-state index is 13.1. The second-order valence-electron chi connectivity index (χ2n) is 4.86. The molecule has 1 aliphatic rings. The second-order valence-corrected chi connectivity index (χ2v) is 4.86. The van der Waals surface area contributed by atoms with Gasteiger partial charge in [0.1, 0.15) is 0 Å². The van der Waals surface area contributed by atoms with Crippen LogP contribution in [0.4, 0.5) is 13.2 Å². The van der Waals surface area contributed by atoms with Crippen molar-refractivity contribution in [3.8, 4) is 0 Å². The van der Waals surface area contributed by atoms with Gasteiger partial charge in [0, 0.05) is 45.5 Å². The molecule has 0 bridgehead atoms. The number of nitrogens with one attached hydrogen (secondary N) is 1. The number of imidazole rings is 1. The molecule has 0 amide bonds. The number of nitrogens with zero attached hydrogens (tertiary/aromatic N) is 2. The summed E-state index contributed by atoms with van der Waals surface area (Å²) in [6.07, 6.45) is -3.33. The van der Waals surface area contributed by atoms with E-state index in [0.717, 1.165) is 0 Å². The first kappa shape index (κ1) is 16.3. The summed E-state index contributed by atoms with van der Waals surface area (Å²) in [6, 6.07) is 0. The molecule has 120 valence electrons. The van der Waals surface area contributed by atoms with E-state index in [4.69, 9.17) is 9.47 Å². The largest absolute Gasteiger partial charge is 0.449 e. The van der Waals surface area contributed by atoms with Gasteiger partial charge in [0.25, 0.3) is 0 Å². The molecule has 0 fully saturated rings. The zero-order chi connectivity index (χ0) is 15.3. The molecule has 1 N–H and O–H groups in total. The van der Waals surface area contributed by atoms with Crippen LogP contribution in [0.1, 0.15) is 23.6 Å². The van der Waals surface area contributed by atoms with E-state index in [9.17, 15) is 13.2 Å². The summed E-state index contributed by atoms with van der Waals surface area (Å²) < 4.78 is 50.6. The number of fused-ring (bicyclic) bond motifs is 1. The van der Waals surface area contributed by atoms with Crippen molar-refractivity contribution < 1.29 is 22.6 Å². The van der Waals surface area contributed by atoms with E-state index >= 15 is 0 Å². The first-order valence-corrected chi connectivity index (χ1v) is 6.97. The van der Waals surface area contributed by atoms with E-state index in [1.54, 1.807) is 7.11 Å². The summed E-state index contributed by atoms with van der Waals surface area (Å²) in [7, 11) is 1.57. The van der Waals surface area contributed by atoms with Gasteiger partial charge in [0.15, 0.2) is 0 Å². The van der Waals surface area contributed by atoms with Crippen molar-refractivity contribution in [2.45, 2.75) is 32.1 Å². The molecular formula is C13H20F3N3O2. The highest BCUT2D eigenvalue weighted by Gasteiger charge is 2.38. The first-order valence-electron chi connectivity index (χ1n) is 6.97. The number of ether oxygens (including phenoxy) is 2. The molecule has 0 aromatic carbocycles. The highest BCUT2D eigenvalue weighted by atomic mass is 19.4. The van der Waals surface area contributed by atoms with Crippen LogP contribution in [0.5, 0.6) is 0 Å². The molecular weight excluding hydrogens is 287 g/mol. The van der Waals surface area contributed by atoms with Crippen molar-refractivity contribution >= 4 is 0 Å². The Morgan fingerprint density at radius 3 is 2.81 bits per heavy atom. The monoisotopic (exact) mass is 307 g/mol. The van der Waals surface area contributed by atoms with Crippen LogP contribution < -0.4 is 5.32 Å². The van der Waals surface area contributed by atoms with Gasteiger partial charge in [0.2, 0.25) is 5.82 Å². The van der Waals surface area contributed by atoms with Gasteiger partial charge < -0.3 is 19.4 Å². The zero-order valence-corrected chi connectivity index (χ0v) is 12.0. The normalized spacial score (nSPS) is 15.2. The van der Waals surface area contributed by atoms with E-state index < -0.39 is 12.0 Å². The van der Waals surface area contributed by atoms with Gasteiger partial charge in [-0.25, -0.2) is 4.98 Å². The SMILES string of the molecule is COCCOCCCn1c(C(F)(F)F)nc2c1CCNC2. The fraction of sp³-hybridized carbons (Fsp3) is 0.769. The number of hydrogen-bond donors (Lipinski definition) is 1. The van der Waals surface area contributed by atoms with Gasteiger partial charge in [-0.05, 0) is 6.42 Å². The summed E-state index contributed by atoms with van der Waals surface area (Å²) in [5.74, 6) is -0.798. The fourth-order valence-corrected chi connectivity index (χ4v) is 2.40. The number of aromatic nitrogens is 2. The average Bonchev–Trinajstić information content (AvgIpc) is 2.82. The molecule has 0 saturated heterocycles. The van der Waals surface area contributed by atoms with Crippen LogP contribution >= 0.6 is 0 Å². The molecule has 1 aliphatic heterocycles. The van der Waals surface area contributed by atoms with Crippen LogP contribution in [-0.2, 0) is 35.2 Å². The Morgan fingerprint density at radius 1 is 1.29 bits per heavy atom. The smallest absolute Gasteiger partial charge is 0.382 e. The highest BCUT2D eigenvalue weighted by Crippen LogP contribution is 2.31. The van der Waals surface area contributed by atoms with E-state index in [-0.39, 0.29) is 6.54 Å². The summed E-state index contributed by atoms with van der Waals surface area (Å²) in [5.41, 5.74) is 1.20.